The number of hydrogen-bond acceptors (Lipinski definition) is 2. The average molecular weight is 80.1 g/mol. The molecule has 2 nitrogen and oxygen atoms in total. The lowest BCUT2D eigenvalue weighted by Crippen LogP contribution is -2.29. The number of nitrogens with two attached hydrogens (primary N) is 1. The molecule has 0 aromatic heterocycles. The van der Waals surface area contributed by atoms with Crippen molar-refractivity contribution >= 4 is 0 Å². The summed E-state index contributed by atoms with van der Waals surface area (Å²) in [6.07, 6.45) is 0. The number of nitriles is 1. The normalized spacial score (nSPS) is 10.3. The third-order valence-corrected chi connectivity index (χ3v) is 0.194. The van der Waals surface area contributed by atoms with E-state index < -0.39 is 5.54 Å². The van der Waals surface area contributed by atoms with E-state index in [-0.39, 0.29) is 0 Å². The van der Waals surface area contributed by atoms with Crippen LogP contribution in [0.2, 0.25) is 0 Å². The quantitative estimate of drug-likeness (QED) is 0.431. The van der Waals surface area contributed by atoms with Crippen LogP contribution in [-0.2, 0) is 0 Å². The molecule has 0 bridgehead atoms. The van der Waals surface area contributed by atoms with E-state index in [4.69, 9.17) is 24.8 Å². The van der Waals surface area contributed by atoms with Gasteiger partial charge >= 0.3 is 0 Å². The van der Waals surface area contributed by atoms with E-state index in [1.165, 1.54) is 6.07 Å². The Morgan fingerprint density at radius 2 is 1.83 bits per heavy atom. The Kier molecular flexibility index (Phi) is 1.16. The molecule has 0 fully saturated rings. The van der Waals surface area contributed by atoms with Crippen molar-refractivity contribution in [2.45, 2.75) is 5.54 Å². The molecule has 0 saturated carbocycles. The van der Waals surface area contributed by atoms with Gasteiger partial charge in [-0.2, -0.15) is 5.26 Å². The Balaban J connectivity index is 3.55. The second kappa shape index (κ2) is 1.27. The summed E-state index contributed by atoms with van der Waals surface area (Å²) in [5, 5.41) is 7.78. The first-order valence-corrected chi connectivity index (χ1v) is 1.34. The molecule has 0 heterocycles. The van der Waals surface area contributed by atoms with Gasteiger partial charge in [-0.05, 0) is 0 Å². The molecule has 4 radical (unpaired) electrons. The van der Waals surface area contributed by atoms with Crippen LogP contribution < -0.4 is 5.73 Å². The number of rotatable bonds is 0. The minimum absolute atomic E-state index is 1.44. The van der Waals surface area contributed by atoms with Crippen molar-refractivity contribution in [3.05, 3.63) is 13.8 Å². The molecular weight excluding hydrogens is 76.1 g/mol. The first-order valence-electron chi connectivity index (χ1n) is 1.34. The zero-order valence-corrected chi connectivity index (χ0v) is 3.18. The van der Waals surface area contributed by atoms with Crippen LogP contribution in [0.4, 0.5) is 0 Å². The van der Waals surface area contributed by atoms with E-state index in [0.717, 1.165) is 0 Å². The van der Waals surface area contributed by atoms with Gasteiger partial charge in [-0.15, -0.1) is 0 Å². The summed E-state index contributed by atoms with van der Waals surface area (Å²) in [4.78, 5) is 0. The predicted molar refractivity (Wildman–Crippen MR) is 21.1 cm³/mol. The van der Waals surface area contributed by atoms with Gasteiger partial charge in [0.1, 0.15) is 5.54 Å². The number of hydrogen-bond donors (Lipinski definition) is 1. The molecule has 0 aliphatic heterocycles. The van der Waals surface area contributed by atoms with Gasteiger partial charge in [-0.3, -0.25) is 0 Å². The van der Waals surface area contributed by atoms with Crippen molar-refractivity contribution in [3.63, 3.8) is 0 Å². The molecule has 0 saturated heterocycles. The molecule has 6 heavy (non-hydrogen) atoms. The average Bonchev–Trinajstić information content (AvgIpc) is 1.35. The third kappa shape index (κ3) is 3.45. The van der Waals surface area contributed by atoms with E-state index in [2.05, 4.69) is 0 Å². The van der Waals surface area contributed by atoms with Crippen LogP contribution in [0.25, 0.3) is 0 Å². The molecule has 2 N–H and O–H groups in total. The molecule has 0 aromatic rings. The maximum Gasteiger partial charge on any atom is 0.111 e. The zero-order valence-electron chi connectivity index (χ0n) is 3.18. The Hall–Kier alpha value is -0.550. The van der Waals surface area contributed by atoms with Crippen molar-refractivity contribution in [1.82, 2.24) is 0 Å². The van der Waals surface area contributed by atoms with Crippen LogP contribution in [0, 0.1) is 25.2 Å². The lowest BCUT2D eigenvalue weighted by Gasteiger charge is -2.00. The second-order valence-corrected chi connectivity index (χ2v) is 1.04. The summed E-state index contributed by atoms with van der Waals surface area (Å²) in [6.45, 7) is 9.46. The van der Waals surface area contributed by atoms with E-state index in [0.29, 0.717) is 0 Å². The molecule has 0 aliphatic carbocycles. The summed E-state index contributed by atoms with van der Waals surface area (Å²) in [6, 6.07) is 1.44. The molecule has 0 rings (SSSR count). The van der Waals surface area contributed by atoms with Crippen molar-refractivity contribution in [3.8, 4) is 6.07 Å². The van der Waals surface area contributed by atoms with Crippen LogP contribution in [-0.4, -0.2) is 5.54 Å². The minimum atomic E-state index is -1.65. The van der Waals surface area contributed by atoms with E-state index in [1.54, 1.807) is 0 Å². The van der Waals surface area contributed by atoms with Gasteiger partial charge in [0, 0.05) is 13.8 Å². The van der Waals surface area contributed by atoms with E-state index in [9.17, 15) is 0 Å². The first kappa shape index (κ1) is 5.45. The SMILES string of the molecule is [CH]C([CH])(N)C#N. The smallest absolute Gasteiger partial charge is 0.111 e. The molecule has 0 unspecified atom stereocenters. The summed E-state index contributed by atoms with van der Waals surface area (Å²) in [5.41, 5.74) is 3.08. The first-order chi connectivity index (χ1) is 2.56. The molecule has 0 aliphatic rings. The highest BCUT2D eigenvalue weighted by Crippen LogP contribution is 1.86. The van der Waals surface area contributed by atoms with Crippen LogP contribution >= 0.6 is 0 Å². The van der Waals surface area contributed by atoms with E-state index in [1.807, 2.05) is 0 Å². The van der Waals surface area contributed by atoms with Gasteiger partial charge in [-0.1, -0.05) is 0 Å². The van der Waals surface area contributed by atoms with Gasteiger partial charge in [0.05, 0.1) is 6.07 Å². The standard InChI is InChI=1S/C4H4N2/c1-4(2,6)3-5/h1-2H,6H2. The fourth-order valence-electron chi connectivity index (χ4n) is 0. The highest BCUT2D eigenvalue weighted by Gasteiger charge is 2.06. The van der Waals surface area contributed by atoms with Gasteiger partial charge < -0.3 is 5.73 Å². The van der Waals surface area contributed by atoms with Crippen LogP contribution in [0.5, 0.6) is 0 Å². The summed E-state index contributed by atoms with van der Waals surface area (Å²) >= 11 is 0. The Labute approximate surface area is 37.6 Å². The predicted octanol–water partition coefficient (Wildman–Crippen LogP) is -0.370. The van der Waals surface area contributed by atoms with Crippen molar-refractivity contribution in [1.29, 1.82) is 5.26 Å². The van der Waals surface area contributed by atoms with E-state index >= 15 is 0 Å². The molecule has 0 aromatic carbocycles. The number of nitrogens with zero attached hydrogens (tertiary/aromatic N) is 1. The van der Waals surface area contributed by atoms with Gasteiger partial charge in [-0.25, -0.2) is 0 Å². The largest absolute Gasteiger partial charge is 0.313 e. The van der Waals surface area contributed by atoms with Gasteiger partial charge in [0.25, 0.3) is 0 Å². The molecule has 30 valence electrons. The Morgan fingerprint density at radius 3 is 1.83 bits per heavy atom. The lowest BCUT2D eigenvalue weighted by molar-refractivity contribution is 0.832. The molecular formula is C4H4N2. The maximum atomic E-state index is 7.78. The van der Waals surface area contributed by atoms with Gasteiger partial charge in [0.15, 0.2) is 0 Å². The molecule has 0 amide bonds. The van der Waals surface area contributed by atoms with Gasteiger partial charge in [0.2, 0.25) is 0 Å². The van der Waals surface area contributed by atoms with Crippen molar-refractivity contribution in [2.24, 2.45) is 5.73 Å². The fourth-order valence-corrected chi connectivity index (χ4v) is 0. The Bertz CT molecular complexity index is 72.5. The van der Waals surface area contributed by atoms with Crippen LogP contribution in [0.1, 0.15) is 0 Å². The van der Waals surface area contributed by atoms with Crippen LogP contribution in [0.3, 0.4) is 0 Å². The minimum Gasteiger partial charge on any atom is -0.313 e. The fraction of sp³-hybridized carbons (Fsp3) is 0.250. The highest BCUT2D eigenvalue weighted by molar-refractivity contribution is 5.09. The summed E-state index contributed by atoms with van der Waals surface area (Å²) in [7, 11) is 0. The lowest BCUT2D eigenvalue weighted by atomic mass is 10.1. The monoisotopic (exact) mass is 80.0 g/mol. The van der Waals surface area contributed by atoms with Crippen LogP contribution in [0.15, 0.2) is 0 Å². The molecule has 0 spiro atoms. The topological polar surface area (TPSA) is 49.8 Å². The zero-order chi connectivity index (χ0) is 5.21. The molecule has 2 heteroatoms. The molecule has 0 atom stereocenters. The summed E-state index contributed by atoms with van der Waals surface area (Å²) in [5.74, 6) is 0. The summed E-state index contributed by atoms with van der Waals surface area (Å²) < 4.78 is 0. The Morgan fingerprint density at radius 1 is 1.67 bits per heavy atom. The third-order valence-electron chi connectivity index (χ3n) is 0.194. The second-order valence-electron chi connectivity index (χ2n) is 1.04. The van der Waals surface area contributed by atoms with Crippen molar-refractivity contribution < 1.29 is 0 Å². The highest BCUT2D eigenvalue weighted by atomic mass is 14.7. The van der Waals surface area contributed by atoms with Crippen molar-refractivity contribution in [2.75, 3.05) is 0 Å². The maximum absolute atomic E-state index is 7.78.